The summed E-state index contributed by atoms with van der Waals surface area (Å²) in [5.74, 6) is -0.0556. The van der Waals surface area contributed by atoms with E-state index in [-0.39, 0.29) is 30.4 Å². The van der Waals surface area contributed by atoms with Crippen LogP contribution in [-0.4, -0.2) is 35.6 Å². The molecule has 0 radical (unpaired) electrons. The number of amides is 1. The average molecular weight is 202 g/mol. The van der Waals surface area contributed by atoms with E-state index in [2.05, 4.69) is 15.8 Å². The lowest BCUT2D eigenvalue weighted by Crippen LogP contribution is -2.45. The molecule has 0 saturated heterocycles. The molecule has 0 aromatic rings. The number of nitrogens with two attached hydrogens (primary N) is 1. The zero-order chi connectivity index (χ0) is 11.1. The molecule has 0 spiro atoms. The minimum atomic E-state index is -0.321. The minimum absolute atomic E-state index is 0.0577. The number of nitrogens with one attached hydrogen (secondary N) is 2. The maximum absolute atomic E-state index is 11.2. The molecule has 0 heterocycles. The normalized spacial score (nSPS) is 14.1. The number of carbonyl (C=O) groups excluding carboxylic acids is 1. The number of nitrogens with zero attached hydrogens (tertiary/aromatic N) is 1. The van der Waals surface area contributed by atoms with Gasteiger partial charge in [0.1, 0.15) is 0 Å². The van der Waals surface area contributed by atoms with Gasteiger partial charge in [-0.05, 0) is 20.8 Å². The Labute approximate surface area is 83.5 Å². The van der Waals surface area contributed by atoms with Gasteiger partial charge < -0.3 is 16.3 Å². The summed E-state index contributed by atoms with van der Waals surface area (Å²) in [4.78, 5) is 11.2. The van der Waals surface area contributed by atoms with Crippen molar-refractivity contribution >= 4 is 11.7 Å². The lowest BCUT2D eigenvalue weighted by Gasteiger charge is -2.13. The van der Waals surface area contributed by atoms with Gasteiger partial charge in [-0.3, -0.25) is 10.1 Å². The molecule has 6 heteroatoms. The molecule has 82 valence electrons. The van der Waals surface area contributed by atoms with Gasteiger partial charge in [0.25, 0.3) is 0 Å². The first-order chi connectivity index (χ1) is 6.47. The summed E-state index contributed by atoms with van der Waals surface area (Å²) >= 11 is 0. The lowest BCUT2D eigenvalue weighted by atomic mass is 10.3. The van der Waals surface area contributed by atoms with Crippen LogP contribution in [0.4, 0.5) is 0 Å². The maximum atomic E-state index is 11.2. The number of amidine groups is 1. The Balaban J connectivity index is 3.77. The quantitative estimate of drug-likeness (QED) is 0.204. The Kier molecular flexibility index (Phi) is 5.62. The molecule has 0 bridgehead atoms. The van der Waals surface area contributed by atoms with Crippen molar-refractivity contribution in [3.05, 3.63) is 0 Å². The SMILES string of the molecule is CC(C)NC(=O)CNC(C)C(N)=NO. The van der Waals surface area contributed by atoms with Gasteiger partial charge >= 0.3 is 0 Å². The molecule has 1 atom stereocenters. The van der Waals surface area contributed by atoms with E-state index < -0.39 is 0 Å². The van der Waals surface area contributed by atoms with Gasteiger partial charge in [-0.1, -0.05) is 5.16 Å². The Bertz CT molecular complexity index is 215. The first-order valence-corrected chi connectivity index (χ1v) is 4.47. The highest BCUT2D eigenvalue weighted by Crippen LogP contribution is 1.82. The van der Waals surface area contributed by atoms with Gasteiger partial charge in [-0.2, -0.15) is 0 Å². The largest absolute Gasteiger partial charge is 0.409 e. The smallest absolute Gasteiger partial charge is 0.234 e. The number of rotatable bonds is 5. The average Bonchev–Trinajstić information content (AvgIpc) is 2.11. The number of hydrogen-bond donors (Lipinski definition) is 4. The Morgan fingerprint density at radius 3 is 2.50 bits per heavy atom. The zero-order valence-electron chi connectivity index (χ0n) is 8.74. The fraction of sp³-hybridized carbons (Fsp3) is 0.750. The highest BCUT2D eigenvalue weighted by molar-refractivity contribution is 5.86. The van der Waals surface area contributed by atoms with E-state index in [1.54, 1.807) is 6.92 Å². The number of carbonyl (C=O) groups is 1. The van der Waals surface area contributed by atoms with Crippen LogP contribution in [-0.2, 0) is 4.79 Å². The van der Waals surface area contributed by atoms with Crippen LogP contribution in [0.2, 0.25) is 0 Å². The lowest BCUT2D eigenvalue weighted by molar-refractivity contribution is -0.120. The summed E-state index contributed by atoms with van der Waals surface area (Å²) in [5.41, 5.74) is 5.31. The summed E-state index contributed by atoms with van der Waals surface area (Å²) in [5, 5.41) is 16.7. The van der Waals surface area contributed by atoms with Crippen molar-refractivity contribution < 1.29 is 10.0 Å². The second-order valence-corrected chi connectivity index (χ2v) is 3.35. The van der Waals surface area contributed by atoms with Crippen LogP contribution in [0.5, 0.6) is 0 Å². The molecule has 0 fully saturated rings. The van der Waals surface area contributed by atoms with Crippen LogP contribution in [0.25, 0.3) is 0 Å². The molecule has 5 N–H and O–H groups in total. The summed E-state index contributed by atoms with van der Waals surface area (Å²) in [7, 11) is 0. The van der Waals surface area contributed by atoms with Crippen LogP contribution in [0.3, 0.4) is 0 Å². The van der Waals surface area contributed by atoms with Crippen molar-refractivity contribution in [3.63, 3.8) is 0 Å². The molecule has 0 aromatic heterocycles. The van der Waals surface area contributed by atoms with Crippen LogP contribution < -0.4 is 16.4 Å². The van der Waals surface area contributed by atoms with Crippen molar-refractivity contribution in [1.82, 2.24) is 10.6 Å². The molecule has 0 rings (SSSR count). The van der Waals surface area contributed by atoms with E-state index in [0.29, 0.717) is 0 Å². The van der Waals surface area contributed by atoms with E-state index in [1.165, 1.54) is 0 Å². The molecule has 0 saturated carbocycles. The van der Waals surface area contributed by atoms with Gasteiger partial charge in [-0.15, -0.1) is 0 Å². The maximum Gasteiger partial charge on any atom is 0.234 e. The van der Waals surface area contributed by atoms with E-state index in [9.17, 15) is 4.79 Å². The van der Waals surface area contributed by atoms with Gasteiger partial charge in [0.2, 0.25) is 5.91 Å². The monoisotopic (exact) mass is 202 g/mol. The molecule has 14 heavy (non-hydrogen) atoms. The minimum Gasteiger partial charge on any atom is -0.409 e. The summed E-state index contributed by atoms with van der Waals surface area (Å²) in [6, 6.07) is -0.207. The van der Waals surface area contributed by atoms with Crippen LogP contribution >= 0.6 is 0 Å². The third-order valence-electron chi connectivity index (χ3n) is 1.58. The highest BCUT2D eigenvalue weighted by atomic mass is 16.4. The molecule has 1 unspecified atom stereocenters. The standard InChI is InChI=1S/C8H18N4O2/c1-5(2)11-7(13)4-10-6(3)8(9)12-14/h5-6,10,14H,4H2,1-3H3,(H2,9,12)(H,11,13). The summed E-state index contributed by atoms with van der Waals surface area (Å²) in [6.07, 6.45) is 0. The molecular formula is C8H18N4O2. The predicted molar refractivity (Wildman–Crippen MR) is 54.2 cm³/mol. The third kappa shape index (κ3) is 5.36. The second kappa shape index (κ2) is 6.20. The first-order valence-electron chi connectivity index (χ1n) is 4.47. The first kappa shape index (κ1) is 12.7. The van der Waals surface area contributed by atoms with Gasteiger partial charge in [0.05, 0.1) is 12.6 Å². The fourth-order valence-electron chi connectivity index (χ4n) is 0.810. The summed E-state index contributed by atoms with van der Waals surface area (Å²) in [6.45, 7) is 5.61. The Morgan fingerprint density at radius 1 is 1.50 bits per heavy atom. The summed E-state index contributed by atoms with van der Waals surface area (Å²) < 4.78 is 0. The van der Waals surface area contributed by atoms with Crippen molar-refractivity contribution in [2.75, 3.05) is 6.54 Å². The van der Waals surface area contributed by atoms with E-state index in [0.717, 1.165) is 0 Å². The molecule has 0 aliphatic rings. The topological polar surface area (TPSA) is 99.7 Å². The van der Waals surface area contributed by atoms with Crippen molar-refractivity contribution in [3.8, 4) is 0 Å². The molecule has 0 aromatic carbocycles. The van der Waals surface area contributed by atoms with E-state index in [1.807, 2.05) is 13.8 Å². The molecule has 0 aliphatic carbocycles. The molecule has 1 amide bonds. The number of hydrogen-bond acceptors (Lipinski definition) is 4. The van der Waals surface area contributed by atoms with Crippen LogP contribution in [0, 0.1) is 0 Å². The molecular weight excluding hydrogens is 184 g/mol. The van der Waals surface area contributed by atoms with Crippen molar-refractivity contribution in [2.24, 2.45) is 10.9 Å². The van der Waals surface area contributed by atoms with Crippen molar-refractivity contribution in [1.29, 1.82) is 0 Å². The van der Waals surface area contributed by atoms with Crippen molar-refractivity contribution in [2.45, 2.75) is 32.9 Å². The van der Waals surface area contributed by atoms with Crippen LogP contribution in [0.1, 0.15) is 20.8 Å². The van der Waals surface area contributed by atoms with Gasteiger partial charge in [0, 0.05) is 6.04 Å². The third-order valence-corrected chi connectivity index (χ3v) is 1.58. The van der Waals surface area contributed by atoms with Crippen LogP contribution in [0.15, 0.2) is 5.16 Å². The van der Waals surface area contributed by atoms with E-state index >= 15 is 0 Å². The molecule has 6 nitrogen and oxygen atoms in total. The van der Waals surface area contributed by atoms with Gasteiger partial charge in [-0.25, -0.2) is 0 Å². The Hall–Kier alpha value is -1.30. The molecule has 0 aliphatic heterocycles. The zero-order valence-corrected chi connectivity index (χ0v) is 8.74. The highest BCUT2D eigenvalue weighted by Gasteiger charge is 2.09. The Morgan fingerprint density at radius 2 is 2.07 bits per heavy atom. The predicted octanol–water partition coefficient (Wildman–Crippen LogP) is -0.764. The number of oxime groups is 1. The fourth-order valence-corrected chi connectivity index (χ4v) is 0.810. The van der Waals surface area contributed by atoms with E-state index in [4.69, 9.17) is 10.9 Å². The van der Waals surface area contributed by atoms with Gasteiger partial charge in [0.15, 0.2) is 5.84 Å². The second-order valence-electron chi connectivity index (χ2n) is 3.35.